The maximum atomic E-state index is 13.5. The number of rotatable bonds is 52. The minimum Gasteiger partial charge on any atom is -0.756 e. The molecular weight excluding hydrogens is 904 g/mol. The number of esters is 1. The third kappa shape index (κ3) is 52.1. The number of unbranched alkanes of at least 4 members (excludes halogenated alkanes) is 28. The Morgan fingerprint density at radius 1 is 0.521 bits per heavy atom. The first-order valence-corrected chi connectivity index (χ1v) is 30.7. The molecular formula is C61H111N2O7P. The van der Waals surface area contributed by atoms with Gasteiger partial charge in [0.15, 0.2) is 0 Å². The van der Waals surface area contributed by atoms with Crippen molar-refractivity contribution in [2.45, 2.75) is 264 Å². The van der Waals surface area contributed by atoms with Gasteiger partial charge in [0, 0.05) is 12.8 Å². The summed E-state index contributed by atoms with van der Waals surface area (Å²) in [5, 5.41) is 3.02. The maximum Gasteiger partial charge on any atom is 0.306 e. The van der Waals surface area contributed by atoms with Gasteiger partial charge >= 0.3 is 5.97 Å². The van der Waals surface area contributed by atoms with Gasteiger partial charge in [0.2, 0.25) is 5.91 Å². The summed E-state index contributed by atoms with van der Waals surface area (Å²) < 4.78 is 30.3. The molecule has 0 bridgehead atoms. The van der Waals surface area contributed by atoms with Crippen LogP contribution in [0.4, 0.5) is 0 Å². The lowest BCUT2D eigenvalue weighted by molar-refractivity contribution is -0.870. The largest absolute Gasteiger partial charge is 0.756 e. The highest BCUT2D eigenvalue weighted by Crippen LogP contribution is 2.38. The van der Waals surface area contributed by atoms with Crippen molar-refractivity contribution < 1.29 is 37.3 Å². The van der Waals surface area contributed by atoms with Crippen LogP contribution >= 0.6 is 7.82 Å². The molecule has 0 aromatic carbocycles. The van der Waals surface area contributed by atoms with Crippen LogP contribution in [-0.4, -0.2) is 69.4 Å². The zero-order valence-corrected chi connectivity index (χ0v) is 47.8. The Balaban J connectivity index is 5.38. The molecule has 0 saturated heterocycles. The molecule has 0 rings (SSSR count). The van der Waals surface area contributed by atoms with E-state index in [0.717, 1.165) is 89.9 Å². The Morgan fingerprint density at radius 2 is 0.958 bits per heavy atom. The van der Waals surface area contributed by atoms with Gasteiger partial charge in [-0.15, -0.1) is 0 Å². The number of hydrogen-bond acceptors (Lipinski definition) is 7. The molecule has 0 aliphatic rings. The fourth-order valence-corrected chi connectivity index (χ4v) is 8.86. The molecule has 0 aliphatic heterocycles. The van der Waals surface area contributed by atoms with Crippen molar-refractivity contribution >= 4 is 19.7 Å². The quantitative estimate of drug-likeness (QED) is 0.0161. The Morgan fingerprint density at radius 3 is 1.48 bits per heavy atom. The number of phosphoric ester groups is 1. The molecule has 71 heavy (non-hydrogen) atoms. The van der Waals surface area contributed by atoms with Crippen molar-refractivity contribution in [2.75, 3.05) is 40.9 Å². The average Bonchev–Trinajstić information content (AvgIpc) is 3.33. The molecule has 0 fully saturated rings. The molecule has 3 atom stereocenters. The van der Waals surface area contributed by atoms with Gasteiger partial charge in [-0.05, 0) is 83.1 Å². The van der Waals surface area contributed by atoms with Crippen molar-refractivity contribution in [3.63, 3.8) is 0 Å². The van der Waals surface area contributed by atoms with Crippen LogP contribution in [-0.2, 0) is 27.9 Å². The van der Waals surface area contributed by atoms with E-state index in [4.69, 9.17) is 13.8 Å². The molecule has 0 heterocycles. The number of carbonyl (C=O) groups is 2. The van der Waals surface area contributed by atoms with Crippen molar-refractivity contribution in [3.8, 4) is 0 Å². The van der Waals surface area contributed by atoms with Crippen LogP contribution < -0.4 is 10.2 Å². The van der Waals surface area contributed by atoms with Gasteiger partial charge in [-0.25, -0.2) is 0 Å². The van der Waals surface area contributed by atoms with Gasteiger partial charge in [0.1, 0.15) is 19.3 Å². The second kappa shape index (κ2) is 51.0. The van der Waals surface area contributed by atoms with Gasteiger partial charge in [0.25, 0.3) is 7.82 Å². The average molecular weight is 1020 g/mol. The summed E-state index contributed by atoms with van der Waals surface area (Å²) in [4.78, 5) is 39.9. The Bertz CT molecular complexity index is 1450. The summed E-state index contributed by atoms with van der Waals surface area (Å²) in [5.41, 5.74) is 0. The zero-order valence-electron chi connectivity index (χ0n) is 46.9. The Kier molecular flexibility index (Phi) is 49.1. The summed E-state index contributed by atoms with van der Waals surface area (Å²) in [6.45, 7) is 6.67. The van der Waals surface area contributed by atoms with Crippen LogP contribution in [0.5, 0.6) is 0 Å². The molecule has 0 aromatic heterocycles. The summed E-state index contributed by atoms with van der Waals surface area (Å²) in [5.74, 6) is -0.564. The van der Waals surface area contributed by atoms with Gasteiger partial charge in [-0.2, -0.15) is 0 Å². The number of allylic oxidation sites excluding steroid dienone is 11. The van der Waals surface area contributed by atoms with E-state index in [9.17, 15) is 19.0 Å². The maximum absolute atomic E-state index is 13.5. The van der Waals surface area contributed by atoms with Gasteiger partial charge in [0.05, 0.1) is 33.8 Å². The molecule has 412 valence electrons. The first kappa shape index (κ1) is 68.5. The Hall–Kier alpha value is -2.55. The first-order valence-electron chi connectivity index (χ1n) is 29.3. The highest BCUT2D eigenvalue weighted by molar-refractivity contribution is 7.45. The molecule has 1 amide bonds. The third-order valence-electron chi connectivity index (χ3n) is 12.7. The van der Waals surface area contributed by atoms with Crippen molar-refractivity contribution in [3.05, 3.63) is 72.9 Å². The number of carbonyl (C=O) groups excluding carboxylic acids is 2. The Labute approximate surface area is 438 Å². The first-order chi connectivity index (χ1) is 34.4. The number of quaternary nitrogens is 1. The summed E-state index contributed by atoms with van der Waals surface area (Å²) >= 11 is 0. The normalized spacial score (nSPS) is 14.3. The topological polar surface area (TPSA) is 114 Å². The van der Waals surface area contributed by atoms with Crippen molar-refractivity contribution in [1.29, 1.82) is 0 Å². The monoisotopic (exact) mass is 1010 g/mol. The van der Waals surface area contributed by atoms with E-state index in [-0.39, 0.29) is 24.9 Å². The van der Waals surface area contributed by atoms with E-state index in [1.54, 1.807) is 0 Å². The van der Waals surface area contributed by atoms with Crippen LogP contribution in [0, 0.1) is 0 Å². The molecule has 0 aromatic rings. The van der Waals surface area contributed by atoms with Gasteiger partial charge in [-0.3, -0.25) is 14.2 Å². The number of nitrogens with zero attached hydrogens (tertiary/aromatic N) is 1. The molecule has 9 nitrogen and oxygen atoms in total. The molecule has 10 heteroatoms. The van der Waals surface area contributed by atoms with E-state index in [0.29, 0.717) is 23.9 Å². The van der Waals surface area contributed by atoms with Crippen molar-refractivity contribution in [1.82, 2.24) is 5.32 Å². The summed E-state index contributed by atoms with van der Waals surface area (Å²) in [7, 11) is 1.17. The highest BCUT2D eigenvalue weighted by atomic mass is 31.2. The number of likely N-dealkylation sites (N-methyl/N-ethyl adjacent to an activating group) is 1. The fraction of sp³-hybridized carbons (Fsp3) is 0.770. The van der Waals surface area contributed by atoms with E-state index in [1.807, 2.05) is 33.3 Å². The zero-order chi connectivity index (χ0) is 52.2. The molecule has 0 radical (unpaired) electrons. The van der Waals surface area contributed by atoms with Crippen molar-refractivity contribution in [2.24, 2.45) is 0 Å². The van der Waals surface area contributed by atoms with E-state index in [1.165, 1.54) is 122 Å². The fourth-order valence-electron chi connectivity index (χ4n) is 8.14. The summed E-state index contributed by atoms with van der Waals surface area (Å²) in [6.07, 6.45) is 64.3. The molecule has 3 unspecified atom stereocenters. The predicted octanol–water partition coefficient (Wildman–Crippen LogP) is 17.0. The van der Waals surface area contributed by atoms with Gasteiger partial charge in [-0.1, -0.05) is 229 Å². The van der Waals surface area contributed by atoms with Gasteiger partial charge < -0.3 is 28.5 Å². The minimum absolute atomic E-state index is 0.0284. The van der Waals surface area contributed by atoms with Crippen LogP contribution in [0.1, 0.15) is 252 Å². The number of nitrogens with one attached hydrogen (secondary N) is 1. The van der Waals surface area contributed by atoms with E-state index in [2.05, 4.69) is 86.8 Å². The number of ether oxygens (including phenoxy) is 1. The number of phosphoric acid groups is 1. The molecule has 1 N–H and O–H groups in total. The SMILES string of the molecule is CC/C=C/C=C/C=C/CCCCCCCCCC(=O)OC(/C=C/CCCCCCCCCCCCC)C(COP(=O)([O-])OCC[N+](C)(C)C)NC(=O)CCCCCCCCC/C=C\C/C=C\CCCCC. The van der Waals surface area contributed by atoms with Crippen LogP contribution in [0.15, 0.2) is 72.9 Å². The molecule has 0 saturated carbocycles. The van der Waals surface area contributed by atoms with E-state index >= 15 is 0 Å². The van der Waals surface area contributed by atoms with Crippen LogP contribution in [0.3, 0.4) is 0 Å². The van der Waals surface area contributed by atoms with Crippen LogP contribution in [0.25, 0.3) is 0 Å². The second-order valence-electron chi connectivity index (χ2n) is 20.8. The second-order valence-corrected chi connectivity index (χ2v) is 22.2. The standard InChI is InChI=1S/C61H111N2O7P/c1-7-10-13-16-19-22-25-28-30-31-33-35-38-41-44-47-50-53-60(64)62-58(57-69-71(66,67)68-56-55-63(4,5)6)59(52-49-46-43-40-37-34-27-24-21-18-15-12-9-3)70-61(65)54-51-48-45-42-39-36-32-29-26-23-20-17-14-11-8-2/h11,14,17,19-20,22-23,26,28,30,49,52,58-59H,7-10,12-13,15-16,18,21,24-25,27,29,31-48,50-51,53-57H2,1-6H3,(H-,62,64,66,67)/b14-11+,20-17+,22-19-,26-23+,30-28-,52-49+. The van der Waals surface area contributed by atoms with Crippen LogP contribution in [0.2, 0.25) is 0 Å². The molecule has 0 spiro atoms. The number of hydrogen-bond donors (Lipinski definition) is 1. The lowest BCUT2D eigenvalue weighted by atomic mass is 10.0. The minimum atomic E-state index is -4.70. The summed E-state index contributed by atoms with van der Waals surface area (Å²) in [6, 6.07) is -0.899. The highest BCUT2D eigenvalue weighted by Gasteiger charge is 2.27. The predicted molar refractivity (Wildman–Crippen MR) is 302 cm³/mol. The lowest BCUT2D eigenvalue weighted by Gasteiger charge is -2.30. The number of amides is 1. The lowest BCUT2D eigenvalue weighted by Crippen LogP contribution is -2.47. The molecule has 0 aliphatic carbocycles. The smallest absolute Gasteiger partial charge is 0.306 e. The van der Waals surface area contributed by atoms with E-state index < -0.39 is 26.6 Å². The third-order valence-corrected chi connectivity index (χ3v) is 13.6.